The fourth-order valence-corrected chi connectivity index (χ4v) is 1.38. The molecule has 4 nitrogen and oxygen atoms in total. The van der Waals surface area contributed by atoms with Crippen molar-refractivity contribution in [1.29, 1.82) is 0 Å². The number of carbonyl (C=O) groups excluding carboxylic acids is 1. The van der Waals surface area contributed by atoms with Crippen LogP contribution in [0.2, 0.25) is 5.02 Å². The van der Waals surface area contributed by atoms with E-state index >= 15 is 0 Å². The van der Waals surface area contributed by atoms with Gasteiger partial charge >= 0.3 is 5.97 Å². The monoisotopic (exact) mass is 241 g/mol. The van der Waals surface area contributed by atoms with Crippen LogP contribution in [0.3, 0.4) is 0 Å². The second kappa shape index (κ2) is 4.99. The molecule has 0 heterocycles. The molecule has 0 spiro atoms. The molecule has 0 aliphatic rings. The van der Waals surface area contributed by atoms with Gasteiger partial charge in [0.1, 0.15) is 5.56 Å². The van der Waals surface area contributed by atoms with Crippen molar-refractivity contribution < 1.29 is 14.7 Å². The van der Waals surface area contributed by atoms with Crippen molar-refractivity contribution in [1.82, 2.24) is 0 Å². The molecule has 1 aromatic carbocycles. The van der Waals surface area contributed by atoms with Gasteiger partial charge in [0.15, 0.2) is 0 Å². The van der Waals surface area contributed by atoms with Gasteiger partial charge < -0.3 is 10.4 Å². The number of carboxylic acids is 1. The molecule has 0 aromatic heterocycles. The normalized spacial score (nSPS) is 10.2. The lowest BCUT2D eigenvalue weighted by Gasteiger charge is -2.11. The molecule has 0 unspecified atom stereocenters. The second-order valence-corrected chi connectivity index (χ2v) is 4.02. The number of anilines is 1. The summed E-state index contributed by atoms with van der Waals surface area (Å²) < 4.78 is 0. The maximum absolute atomic E-state index is 11.5. The van der Waals surface area contributed by atoms with Crippen LogP contribution in [-0.4, -0.2) is 17.0 Å². The van der Waals surface area contributed by atoms with Crippen molar-refractivity contribution in [2.24, 2.45) is 5.92 Å². The molecular formula is C11H12ClNO3. The van der Waals surface area contributed by atoms with E-state index < -0.39 is 5.97 Å². The minimum absolute atomic E-state index is 0.0850. The molecule has 0 bridgehead atoms. The third-order valence-electron chi connectivity index (χ3n) is 2.01. The average molecular weight is 242 g/mol. The molecule has 5 heteroatoms. The van der Waals surface area contributed by atoms with E-state index in [0.29, 0.717) is 0 Å². The van der Waals surface area contributed by atoms with Gasteiger partial charge in [0.05, 0.1) is 10.7 Å². The Balaban J connectivity index is 3.09. The van der Waals surface area contributed by atoms with Crippen LogP contribution in [0.5, 0.6) is 0 Å². The fraction of sp³-hybridized carbons (Fsp3) is 0.273. The van der Waals surface area contributed by atoms with Gasteiger partial charge in [-0.05, 0) is 12.1 Å². The van der Waals surface area contributed by atoms with E-state index in [9.17, 15) is 9.59 Å². The van der Waals surface area contributed by atoms with E-state index in [0.717, 1.165) is 0 Å². The predicted octanol–water partition coefficient (Wildman–Crippen LogP) is 2.63. The first-order chi connectivity index (χ1) is 7.43. The third kappa shape index (κ3) is 2.73. The van der Waals surface area contributed by atoms with Gasteiger partial charge in [-0.3, -0.25) is 4.79 Å². The van der Waals surface area contributed by atoms with Crippen molar-refractivity contribution in [3.8, 4) is 0 Å². The lowest BCUT2D eigenvalue weighted by molar-refractivity contribution is -0.118. The minimum Gasteiger partial charge on any atom is -0.478 e. The summed E-state index contributed by atoms with van der Waals surface area (Å²) in [5.74, 6) is -1.63. The Morgan fingerprint density at radius 1 is 1.38 bits per heavy atom. The molecule has 1 aromatic rings. The van der Waals surface area contributed by atoms with E-state index in [1.807, 2.05) is 0 Å². The van der Waals surface area contributed by atoms with Crippen LogP contribution in [-0.2, 0) is 4.79 Å². The smallest absolute Gasteiger partial charge is 0.339 e. The summed E-state index contributed by atoms with van der Waals surface area (Å²) >= 11 is 5.76. The number of hydrogen-bond acceptors (Lipinski definition) is 2. The first-order valence-electron chi connectivity index (χ1n) is 4.76. The predicted molar refractivity (Wildman–Crippen MR) is 61.9 cm³/mol. The molecule has 0 aliphatic heterocycles. The molecule has 0 saturated carbocycles. The summed E-state index contributed by atoms with van der Waals surface area (Å²) in [6.45, 7) is 3.45. The highest BCUT2D eigenvalue weighted by atomic mass is 35.5. The summed E-state index contributed by atoms with van der Waals surface area (Å²) in [7, 11) is 0. The van der Waals surface area contributed by atoms with E-state index in [4.69, 9.17) is 16.7 Å². The summed E-state index contributed by atoms with van der Waals surface area (Å²) in [5.41, 5.74) is 0.136. The van der Waals surface area contributed by atoms with Crippen molar-refractivity contribution in [2.45, 2.75) is 13.8 Å². The molecule has 86 valence electrons. The van der Waals surface area contributed by atoms with Crippen molar-refractivity contribution >= 4 is 29.2 Å². The Labute approximate surface area is 98.2 Å². The number of amides is 1. The minimum atomic E-state index is -1.16. The molecule has 0 saturated heterocycles. The molecule has 0 radical (unpaired) electrons. The Hall–Kier alpha value is -1.55. The zero-order valence-corrected chi connectivity index (χ0v) is 9.71. The van der Waals surface area contributed by atoms with Crippen LogP contribution < -0.4 is 5.32 Å². The summed E-state index contributed by atoms with van der Waals surface area (Å²) in [6, 6.07) is 4.57. The molecule has 16 heavy (non-hydrogen) atoms. The van der Waals surface area contributed by atoms with Crippen LogP contribution in [0.15, 0.2) is 18.2 Å². The first-order valence-corrected chi connectivity index (χ1v) is 5.14. The van der Waals surface area contributed by atoms with E-state index in [-0.39, 0.29) is 28.1 Å². The highest BCUT2D eigenvalue weighted by Crippen LogP contribution is 2.24. The van der Waals surface area contributed by atoms with Crippen LogP contribution in [0.1, 0.15) is 24.2 Å². The zero-order chi connectivity index (χ0) is 12.3. The van der Waals surface area contributed by atoms with Gasteiger partial charge in [-0.15, -0.1) is 0 Å². The van der Waals surface area contributed by atoms with Gasteiger partial charge in [-0.2, -0.15) is 0 Å². The Morgan fingerprint density at radius 3 is 2.50 bits per heavy atom. The largest absolute Gasteiger partial charge is 0.478 e. The molecule has 0 atom stereocenters. The standard InChI is InChI=1S/C11H12ClNO3/c1-6(2)10(14)13-8-5-3-4-7(12)9(8)11(15)16/h3-6H,1-2H3,(H,13,14)(H,15,16). The summed E-state index contributed by atoms with van der Waals surface area (Å²) in [4.78, 5) is 22.4. The first kappa shape index (κ1) is 12.5. The number of hydrogen-bond donors (Lipinski definition) is 2. The summed E-state index contributed by atoms with van der Waals surface area (Å²) in [6.07, 6.45) is 0. The number of carbonyl (C=O) groups is 2. The molecule has 1 amide bonds. The van der Waals surface area contributed by atoms with Gasteiger partial charge in [-0.1, -0.05) is 31.5 Å². The molecule has 1 rings (SSSR count). The number of halogens is 1. The third-order valence-corrected chi connectivity index (χ3v) is 2.32. The van der Waals surface area contributed by atoms with Gasteiger partial charge in [0, 0.05) is 5.92 Å². The lowest BCUT2D eigenvalue weighted by Crippen LogP contribution is -2.19. The maximum atomic E-state index is 11.5. The Kier molecular flexibility index (Phi) is 3.90. The van der Waals surface area contributed by atoms with Crippen LogP contribution in [0, 0.1) is 5.92 Å². The van der Waals surface area contributed by atoms with Gasteiger partial charge in [-0.25, -0.2) is 4.79 Å². The van der Waals surface area contributed by atoms with Crippen molar-refractivity contribution in [3.05, 3.63) is 28.8 Å². The maximum Gasteiger partial charge on any atom is 0.339 e. The second-order valence-electron chi connectivity index (χ2n) is 3.61. The Bertz CT molecular complexity index is 429. The summed E-state index contributed by atoms with van der Waals surface area (Å²) in [5, 5.41) is 11.6. The van der Waals surface area contributed by atoms with Crippen LogP contribution in [0.25, 0.3) is 0 Å². The number of aromatic carboxylic acids is 1. The van der Waals surface area contributed by atoms with Gasteiger partial charge in [0.25, 0.3) is 0 Å². The molecule has 2 N–H and O–H groups in total. The quantitative estimate of drug-likeness (QED) is 0.855. The van der Waals surface area contributed by atoms with Crippen LogP contribution >= 0.6 is 11.6 Å². The fourth-order valence-electron chi connectivity index (χ4n) is 1.12. The highest BCUT2D eigenvalue weighted by molar-refractivity contribution is 6.34. The SMILES string of the molecule is CC(C)C(=O)Nc1cccc(Cl)c1C(=O)O. The van der Waals surface area contributed by atoms with Gasteiger partial charge in [0.2, 0.25) is 5.91 Å². The van der Waals surface area contributed by atoms with E-state index in [1.54, 1.807) is 19.9 Å². The van der Waals surface area contributed by atoms with Crippen molar-refractivity contribution in [2.75, 3.05) is 5.32 Å². The highest BCUT2D eigenvalue weighted by Gasteiger charge is 2.16. The number of benzene rings is 1. The molecular weight excluding hydrogens is 230 g/mol. The topological polar surface area (TPSA) is 66.4 Å². The van der Waals surface area contributed by atoms with Crippen molar-refractivity contribution in [3.63, 3.8) is 0 Å². The number of carboxylic acid groups (broad SMARTS) is 1. The zero-order valence-electron chi connectivity index (χ0n) is 8.95. The lowest BCUT2D eigenvalue weighted by atomic mass is 10.1. The number of nitrogens with one attached hydrogen (secondary N) is 1. The molecule has 0 fully saturated rings. The molecule has 0 aliphatic carbocycles. The van der Waals surface area contributed by atoms with E-state index in [2.05, 4.69) is 5.32 Å². The average Bonchev–Trinajstić information content (AvgIpc) is 2.16. The Morgan fingerprint density at radius 2 is 2.00 bits per heavy atom. The van der Waals surface area contributed by atoms with Crippen LogP contribution in [0.4, 0.5) is 5.69 Å². The number of rotatable bonds is 3. The van der Waals surface area contributed by atoms with E-state index in [1.165, 1.54) is 12.1 Å².